The van der Waals surface area contributed by atoms with Gasteiger partial charge in [0, 0.05) is 42.5 Å². The average molecular weight is 358 g/mol. The number of aromatic nitrogens is 3. The molecule has 2 aromatic heterocycles. The second kappa shape index (κ2) is 7.62. The predicted octanol–water partition coefficient (Wildman–Crippen LogP) is 2.18. The molecule has 6 nitrogen and oxygen atoms in total. The highest BCUT2D eigenvalue weighted by Crippen LogP contribution is 2.42. The van der Waals surface area contributed by atoms with Gasteiger partial charge in [-0.1, -0.05) is 13.3 Å². The van der Waals surface area contributed by atoms with Gasteiger partial charge in [0.15, 0.2) is 5.65 Å². The zero-order valence-electron chi connectivity index (χ0n) is 15.8. The number of rotatable bonds is 6. The second-order valence-corrected chi connectivity index (χ2v) is 8.07. The lowest BCUT2D eigenvalue weighted by Gasteiger charge is -2.54. The minimum Gasteiger partial charge on any atom is -0.396 e. The number of likely N-dealkylation sites (tertiary alicyclic amines) is 2. The summed E-state index contributed by atoms with van der Waals surface area (Å²) >= 11 is 0. The van der Waals surface area contributed by atoms with Gasteiger partial charge in [-0.15, -0.1) is 0 Å². The lowest BCUT2D eigenvalue weighted by molar-refractivity contribution is -0.0778. The number of piperidine rings is 2. The van der Waals surface area contributed by atoms with Crippen molar-refractivity contribution >= 4 is 5.65 Å². The van der Waals surface area contributed by atoms with E-state index in [1.54, 1.807) is 0 Å². The number of nitrogens with zero attached hydrogens (tertiary/aromatic N) is 5. The van der Waals surface area contributed by atoms with Crippen LogP contribution in [0.4, 0.5) is 0 Å². The number of aliphatic hydroxyl groups is 1. The first-order chi connectivity index (χ1) is 12.8. The molecule has 2 atom stereocenters. The molecule has 4 rings (SSSR count). The molecule has 0 aliphatic carbocycles. The summed E-state index contributed by atoms with van der Waals surface area (Å²) in [5, 5.41) is 14.7. The fraction of sp³-hybridized carbons (Fsp3) is 0.700. The number of hydrogen-bond acceptors (Lipinski definition) is 5. The Balaban J connectivity index is 1.51. The van der Waals surface area contributed by atoms with Crippen LogP contribution in [0.2, 0.25) is 0 Å². The van der Waals surface area contributed by atoms with Gasteiger partial charge < -0.3 is 5.11 Å². The van der Waals surface area contributed by atoms with Crippen LogP contribution in [0, 0.1) is 5.41 Å². The van der Waals surface area contributed by atoms with Crippen molar-refractivity contribution < 1.29 is 5.11 Å². The van der Waals surface area contributed by atoms with Gasteiger partial charge in [0.05, 0.1) is 12.8 Å². The van der Waals surface area contributed by atoms with E-state index in [4.69, 9.17) is 0 Å². The molecule has 0 saturated carbocycles. The van der Waals surface area contributed by atoms with Crippen LogP contribution in [0.5, 0.6) is 0 Å². The third-order valence-electron chi connectivity index (χ3n) is 6.48. The molecule has 2 saturated heterocycles. The molecule has 6 heteroatoms. The minimum atomic E-state index is 0.0990. The van der Waals surface area contributed by atoms with Crippen molar-refractivity contribution in [2.75, 3.05) is 32.8 Å². The lowest BCUT2D eigenvalue weighted by atomic mass is 9.69. The van der Waals surface area contributed by atoms with Crippen molar-refractivity contribution in [2.24, 2.45) is 5.41 Å². The van der Waals surface area contributed by atoms with Gasteiger partial charge in [-0.05, 0) is 51.4 Å². The summed E-state index contributed by atoms with van der Waals surface area (Å²) in [5.41, 5.74) is 2.25. The molecular formula is C20H31N5O. The molecule has 4 heterocycles. The number of unbranched alkanes of at least 4 members (excludes halogenated alkanes) is 1. The van der Waals surface area contributed by atoms with Gasteiger partial charge in [-0.25, -0.2) is 9.50 Å². The molecule has 26 heavy (non-hydrogen) atoms. The van der Waals surface area contributed by atoms with Crippen molar-refractivity contribution in [3.8, 4) is 0 Å². The topological polar surface area (TPSA) is 56.9 Å². The summed E-state index contributed by atoms with van der Waals surface area (Å²) in [6.07, 6.45) is 11.7. The van der Waals surface area contributed by atoms with Crippen LogP contribution in [-0.2, 0) is 6.54 Å². The first-order valence-electron chi connectivity index (χ1n) is 10.1. The Kier molecular flexibility index (Phi) is 5.25. The Morgan fingerprint density at radius 3 is 3.08 bits per heavy atom. The summed E-state index contributed by atoms with van der Waals surface area (Å²) in [6.45, 7) is 7.89. The summed E-state index contributed by atoms with van der Waals surface area (Å²) in [7, 11) is 0. The van der Waals surface area contributed by atoms with Crippen LogP contribution >= 0.6 is 0 Å². The third-order valence-corrected chi connectivity index (χ3v) is 6.48. The quantitative estimate of drug-likeness (QED) is 0.859. The Hall–Kier alpha value is -1.50. The highest BCUT2D eigenvalue weighted by Gasteiger charge is 2.47. The van der Waals surface area contributed by atoms with Gasteiger partial charge in [0.2, 0.25) is 0 Å². The molecule has 1 N–H and O–H groups in total. The molecule has 142 valence electrons. The SMILES string of the molecule is CCCCN1CCC[C@]2(CO)CCN(Cc3cnn4cccnc34)C[C@@H]12. The van der Waals surface area contributed by atoms with Gasteiger partial charge in [0.25, 0.3) is 0 Å². The van der Waals surface area contributed by atoms with E-state index in [-0.39, 0.29) is 5.41 Å². The van der Waals surface area contributed by atoms with Crippen molar-refractivity contribution in [1.82, 2.24) is 24.4 Å². The molecule has 0 radical (unpaired) electrons. The fourth-order valence-electron chi connectivity index (χ4n) is 4.93. The molecule has 0 unspecified atom stereocenters. The van der Waals surface area contributed by atoms with Crippen molar-refractivity contribution in [2.45, 2.75) is 51.6 Å². The third kappa shape index (κ3) is 3.26. The fourth-order valence-corrected chi connectivity index (χ4v) is 4.93. The van der Waals surface area contributed by atoms with Crippen LogP contribution in [0.25, 0.3) is 5.65 Å². The van der Waals surface area contributed by atoms with Crippen LogP contribution in [0.3, 0.4) is 0 Å². The zero-order valence-corrected chi connectivity index (χ0v) is 15.8. The average Bonchev–Trinajstić information content (AvgIpc) is 3.09. The van der Waals surface area contributed by atoms with E-state index < -0.39 is 0 Å². The molecule has 0 spiro atoms. The maximum absolute atomic E-state index is 10.2. The van der Waals surface area contributed by atoms with E-state index in [2.05, 4.69) is 26.8 Å². The van der Waals surface area contributed by atoms with E-state index in [9.17, 15) is 5.11 Å². The number of fused-ring (bicyclic) bond motifs is 2. The molecular weight excluding hydrogens is 326 g/mol. The first-order valence-corrected chi connectivity index (χ1v) is 10.1. The van der Waals surface area contributed by atoms with Gasteiger partial charge in [-0.3, -0.25) is 9.80 Å². The number of aliphatic hydroxyl groups excluding tert-OH is 1. The van der Waals surface area contributed by atoms with Gasteiger partial charge in [0.1, 0.15) is 0 Å². The standard InChI is InChI=1S/C20H31N5O/c1-2-3-9-24-10-4-6-20(16-26)7-12-23(15-18(20)24)14-17-13-22-25-11-5-8-21-19(17)25/h5,8,11,13,18,26H,2-4,6-7,9-10,12,14-16H2,1H3/t18-,20-/m1/s1. The van der Waals surface area contributed by atoms with E-state index in [1.807, 2.05) is 29.2 Å². The Morgan fingerprint density at radius 1 is 1.31 bits per heavy atom. The monoisotopic (exact) mass is 357 g/mol. The summed E-state index contributed by atoms with van der Waals surface area (Å²) in [5.74, 6) is 0. The second-order valence-electron chi connectivity index (χ2n) is 8.07. The zero-order chi connectivity index (χ0) is 18.0. The van der Waals surface area contributed by atoms with E-state index in [0.717, 1.165) is 38.2 Å². The number of hydrogen-bond donors (Lipinski definition) is 1. The predicted molar refractivity (Wildman–Crippen MR) is 102 cm³/mol. The summed E-state index contributed by atoms with van der Waals surface area (Å²) in [4.78, 5) is 9.69. The molecule has 2 aromatic rings. The lowest BCUT2D eigenvalue weighted by Crippen LogP contribution is -2.62. The Labute approximate surface area is 155 Å². The van der Waals surface area contributed by atoms with Crippen molar-refractivity contribution in [3.63, 3.8) is 0 Å². The van der Waals surface area contributed by atoms with Crippen molar-refractivity contribution in [3.05, 3.63) is 30.2 Å². The summed E-state index contributed by atoms with van der Waals surface area (Å²) in [6, 6.07) is 2.38. The molecule has 2 fully saturated rings. The first kappa shape index (κ1) is 17.9. The Morgan fingerprint density at radius 2 is 2.23 bits per heavy atom. The molecule has 0 bridgehead atoms. The van der Waals surface area contributed by atoms with Crippen LogP contribution in [0.1, 0.15) is 44.6 Å². The molecule has 2 aliphatic rings. The molecule has 2 aliphatic heterocycles. The van der Waals surface area contributed by atoms with Gasteiger partial charge in [-0.2, -0.15) is 5.10 Å². The largest absolute Gasteiger partial charge is 0.396 e. The van der Waals surface area contributed by atoms with E-state index in [1.165, 1.54) is 37.8 Å². The van der Waals surface area contributed by atoms with E-state index in [0.29, 0.717) is 12.6 Å². The minimum absolute atomic E-state index is 0.0990. The summed E-state index contributed by atoms with van der Waals surface area (Å²) < 4.78 is 1.85. The highest BCUT2D eigenvalue weighted by molar-refractivity contribution is 5.45. The Bertz CT molecular complexity index is 732. The highest BCUT2D eigenvalue weighted by atomic mass is 16.3. The normalized spacial score (nSPS) is 27.7. The van der Waals surface area contributed by atoms with Crippen LogP contribution in [0.15, 0.2) is 24.7 Å². The van der Waals surface area contributed by atoms with Crippen molar-refractivity contribution in [1.29, 1.82) is 0 Å². The maximum atomic E-state index is 10.2. The molecule has 0 aromatic carbocycles. The van der Waals surface area contributed by atoms with Crippen LogP contribution < -0.4 is 0 Å². The van der Waals surface area contributed by atoms with E-state index >= 15 is 0 Å². The molecule has 0 amide bonds. The van der Waals surface area contributed by atoms with Gasteiger partial charge >= 0.3 is 0 Å². The van der Waals surface area contributed by atoms with Crippen LogP contribution in [-0.4, -0.2) is 68.3 Å². The smallest absolute Gasteiger partial charge is 0.159 e. The maximum Gasteiger partial charge on any atom is 0.159 e.